The van der Waals surface area contributed by atoms with Gasteiger partial charge in [0.15, 0.2) is 0 Å². The summed E-state index contributed by atoms with van der Waals surface area (Å²) < 4.78 is 0. The highest BCUT2D eigenvalue weighted by Gasteiger charge is 2.29. The van der Waals surface area contributed by atoms with Crippen molar-refractivity contribution in [3.8, 4) is 0 Å². The molecular weight excluding hydrogens is 198 g/mol. The number of hydrogen-bond acceptors (Lipinski definition) is 3. The normalized spacial score (nSPS) is 19.1. The molecule has 0 saturated heterocycles. The molecule has 96 valence electrons. The van der Waals surface area contributed by atoms with Crippen molar-refractivity contribution in [2.45, 2.75) is 38.6 Å². The van der Waals surface area contributed by atoms with Crippen LogP contribution in [0.2, 0.25) is 0 Å². The molecule has 0 aromatic rings. The first-order valence-corrected chi connectivity index (χ1v) is 6.77. The molecule has 0 radical (unpaired) electrons. The van der Waals surface area contributed by atoms with E-state index in [0.29, 0.717) is 6.04 Å². The smallest absolute Gasteiger partial charge is 0.0246 e. The van der Waals surface area contributed by atoms with Crippen LogP contribution in [0.1, 0.15) is 32.6 Å². The fourth-order valence-corrected chi connectivity index (χ4v) is 2.61. The van der Waals surface area contributed by atoms with Crippen molar-refractivity contribution in [3.05, 3.63) is 0 Å². The van der Waals surface area contributed by atoms with E-state index in [1.807, 2.05) is 0 Å². The van der Waals surface area contributed by atoms with E-state index in [1.165, 1.54) is 38.8 Å². The Morgan fingerprint density at radius 3 is 2.31 bits per heavy atom. The molecule has 0 heterocycles. The van der Waals surface area contributed by atoms with E-state index < -0.39 is 0 Å². The number of nitrogens with zero attached hydrogens (tertiary/aromatic N) is 2. The van der Waals surface area contributed by atoms with Crippen LogP contribution in [0, 0.1) is 5.92 Å². The fraction of sp³-hybridized carbons (Fsp3) is 1.00. The van der Waals surface area contributed by atoms with E-state index in [2.05, 4.69) is 30.8 Å². The van der Waals surface area contributed by atoms with Crippen LogP contribution < -0.4 is 5.73 Å². The summed E-state index contributed by atoms with van der Waals surface area (Å²) in [6, 6.07) is 0.640. The van der Waals surface area contributed by atoms with Crippen LogP contribution in [0.15, 0.2) is 0 Å². The standard InChI is InChI=1S/C13H29N3/c1-4-16(10-6-9-15(2)3)13(11-14)12-7-5-8-12/h12-13H,4-11,14H2,1-3H3. The van der Waals surface area contributed by atoms with Gasteiger partial charge in [-0.2, -0.15) is 0 Å². The SMILES string of the molecule is CCN(CCCN(C)C)C(CN)C1CCC1. The van der Waals surface area contributed by atoms with Crippen LogP contribution in [0.25, 0.3) is 0 Å². The number of rotatable bonds is 8. The Morgan fingerprint density at radius 1 is 1.25 bits per heavy atom. The number of hydrogen-bond donors (Lipinski definition) is 1. The van der Waals surface area contributed by atoms with E-state index >= 15 is 0 Å². The highest BCUT2D eigenvalue weighted by molar-refractivity contribution is 4.85. The summed E-state index contributed by atoms with van der Waals surface area (Å²) >= 11 is 0. The monoisotopic (exact) mass is 227 g/mol. The minimum atomic E-state index is 0.640. The lowest BCUT2D eigenvalue weighted by molar-refractivity contribution is 0.102. The second-order valence-corrected chi connectivity index (χ2v) is 5.28. The lowest BCUT2D eigenvalue weighted by Crippen LogP contribution is -2.48. The first-order valence-electron chi connectivity index (χ1n) is 6.77. The summed E-state index contributed by atoms with van der Waals surface area (Å²) in [5, 5.41) is 0. The molecular formula is C13H29N3. The Hall–Kier alpha value is -0.120. The fourth-order valence-electron chi connectivity index (χ4n) is 2.61. The second-order valence-electron chi connectivity index (χ2n) is 5.28. The summed E-state index contributed by atoms with van der Waals surface area (Å²) in [7, 11) is 4.28. The molecule has 3 heteroatoms. The van der Waals surface area contributed by atoms with Gasteiger partial charge in [-0.05, 0) is 58.9 Å². The van der Waals surface area contributed by atoms with Gasteiger partial charge in [-0.25, -0.2) is 0 Å². The van der Waals surface area contributed by atoms with Gasteiger partial charge in [-0.3, -0.25) is 4.90 Å². The predicted molar refractivity (Wildman–Crippen MR) is 70.6 cm³/mol. The third-order valence-electron chi connectivity index (χ3n) is 3.86. The lowest BCUT2D eigenvalue weighted by Gasteiger charge is -2.40. The van der Waals surface area contributed by atoms with Gasteiger partial charge in [-0.15, -0.1) is 0 Å². The van der Waals surface area contributed by atoms with Crippen LogP contribution in [0.5, 0.6) is 0 Å². The van der Waals surface area contributed by atoms with Crippen molar-refractivity contribution in [3.63, 3.8) is 0 Å². The zero-order chi connectivity index (χ0) is 12.0. The van der Waals surface area contributed by atoms with Crippen molar-refractivity contribution in [1.82, 2.24) is 9.80 Å². The summed E-state index contributed by atoms with van der Waals surface area (Å²) in [4.78, 5) is 4.85. The van der Waals surface area contributed by atoms with Gasteiger partial charge in [-0.1, -0.05) is 13.3 Å². The van der Waals surface area contributed by atoms with Crippen molar-refractivity contribution < 1.29 is 0 Å². The van der Waals surface area contributed by atoms with Crippen LogP contribution in [-0.2, 0) is 0 Å². The maximum atomic E-state index is 5.94. The molecule has 0 amide bonds. The maximum absolute atomic E-state index is 5.94. The lowest BCUT2D eigenvalue weighted by atomic mass is 9.79. The third kappa shape index (κ3) is 4.04. The Morgan fingerprint density at radius 2 is 1.94 bits per heavy atom. The van der Waals surface area contributed by atoms with Gasteiger partial charge >= 0.3 is 0 Å². The highest BCUT2D eigenvalue weighted by atomic mass is 15.2. The molecule has 1 saturated carbocycles. The molecule has 1 aliphatic carbocycles. The van der Waals surface area contributed by atoms with E-state index in [0.717, 1.165) is 19.0 Å². The molecule has 1 fully saturated rings. The van der Waals surface area contributed by atoms with Gasteiger partial charge in [0.2, 0.25) is 0 Å². The summed E-state index contributed by atoms with van der Waals surface area (Å²) in [5.41, 5.74) is 5.94. The first kappa shape index (κ1) is 13.9. The minimum Gasteiger partial charge on any atom is -0.329 e. The molecule has 0 aliphatic heterocycles. The van der Waals surface area contributed by atoms with Crippen LogP contribution in [0.4, 0.5) is 0 Å². The van der Waals surface area contributed by atoms with Crippen LogP contribution in [0.3, 0.4) is 0 Å². The zero-order valence-corrected chi connectivity index (χ0v) is 11.3. The second kappa shape index (κ2) is 7.25. The van der Waals surface area contributed by atoms with E-state index in [9.17, 15) is 0 Å². The summed E-state index contributed by atoms with van der Waals surface area (Å²) in [6.45, 7) is 6.62. The molecule has 0 aromatic heterocycles. The molecule has 0 spiro atoms. The summed E-state index contributed by atoms with van der Waals surface area (Å²) in [5.74, 6) is 0.879. The van der Waals surface area contributed by atoms with Gasteiger partial charge in [0.1, 0.15) is 0 Å². The highest BCUT2D eigenvalue weighted by Crippen LogP contribution is 2.31. The van der Waals surface area contributed by atoms with Gasteiger partial charge < -0.3 is 10.6 Å². The van der Waals surface area contributed by atoms with Gasteiger partial charge in [0.25, 0.3) is 0 Å². The molecule has 1 atom stereocenters. The minimum absolute atomic E-state index is 0.640. The third-order valence-corrected chi connectivity index (χ3v) is 3.86. The average molecular weight is 227 g/mol. The Labute approximate surface area is 101 Å². The quantitative estimate of drug-likeness (QED) is 0.680. The molecule has 0 bridgehead atoms. The van der Waals surface area contributed by atoms with Crippen LogP contribution >= 0.6 is 0 Å². The largest absolute Gasteiger partial charge is 0.329 e. The van der Waals surface area contributed by atoms with Gasteiger partial charge in [0.05, 0.1) is 0 Å². The van der Waals surface area contributed by atoms with E-state index in [4.69, 9.17) is 5.73 Å². The summed E-state index contributed by atoms with van der Waals surface area (Å²) in [6.07, 6.45) is 5.46. The zero-order valence-electron chi connectivity index (χ0n) is 11.3. The molecule has 3 nitrogen and oxygen atoms in total. The Bertz CT molecular complexity index is 178. The number of nitrogens with two attached hydrogens (primary N) is 1. The van der Waals surface area contributed by atoms with Crippen molar-refractivity contribution in [2.75, 3.05) is 40.3 Å². The Balaban J connectivity index is 2.31. The predicted octanol–water partition coefficient (Wildman–Crippen LogP) is 1.39. The van der Waals surface area contributed by atoms with Crippen molar-refractivity contribution in [2.24, 2.45) is 11.7 Å². The molecule has 0 aromatic carbocycles. The topological polar surface area (TPSA) is 32.5 Å². The van der Waals surface area contributed by atoms with Crippen molar-refractivity contribution >= 4 is 0 Å². The molecule has 16 heavy (non-hydrogen) atoms. The average Bonchev–Trinajstić information content (AvgIpc) is 2.18. The molecule has 1 unspecified atom stereocenters. The number of likely N-dealkylation sites (N-methyl/N-ethyl adjacent to an activating group) is 1. The Kier molecular flexibility index (Phi) is 6.32. The molecule has 2 N–H and O–H groups in total. The van der Waals surface area contributed by atoms with E-state index in [-0.39, 0.29) is 0 Å². The van der Waals surface area contributed by atoms with Gasteiger partial charge in [0, 0.05) is 12.6 Å². The van der Waals surface area contributed by atoms with Crippen LogP contribution in [-0.4, -0.2) is 56.1 Å². The molecule has 1 rings (SSSR count). The molecule has 1 aliphatic rings. The van der Waals surface area contributed by atoms with Crippen molar-refractivity contribution in [1.29, 1.82) is 0 Å². The maximum Gasteiger partial charge on any atom is 0.0246 e. The van der Waals surface area contributed by atoms with E-state index in [1.54, 1.807) is 0 Å². The first-order chi connectivity index (χ1) is 7.69.